The van der Waals surface area contributed by atoms with Crippen LogP contribution < -0.4 is 5.32 Å². The molecule has 6 nitrogen and oxygen atoms in total. The molecule has 6 heteroatoms. The minimum absolute atomic E-state index is 0.000641. The van der Waals surface area contributed by atoms with E-state index in [4.69, 9.17) is 4.74 Å². The summed E-state index contributed by atoms with van der Waals surface area (Å²) in [4.78, 5) is 23.7. The Morgan fingerprint density at radius 1 is 1.18 bits per heavy atom. The maximum absolute atomic E-state index is 13.2. The lowest BCUT2D eigenvalue weighted by atomic mass is 9.74. The van der Waals surface area contributed by atoms with Crippen LogP contribution in [0.2, 0.25) is 0 Å². The summed E-state index contributed by atoms with van der Waals surface area (Å²) in [5.74, 6) is 1.57. The number of nitrogens with one attached hydrogen (secondary N) is 2. The van der Waals surface area contributed by atoms with Crippen molar-refractivity contribution in [3.05, 3.63) is 53.6 Å². The molecule has 0 bridgehead atoms. The molecule has 1 atom stereocenters. The number of carbonyl (C=O) groups is 1. The number of unbranched alkanes of at least 4 members (excludes halogenated alkanes) is 1. The molecule has 2 N–H and O–H groups in total. The van der Waals surface area contributed by atoms with Crippen LogP contribution in [0.5, 0.6) is 0 Å². The fraction of sp³-hybridized carbons (Fsp3) is 0.643. The summed E-state index contributed by atoms with van der Waals surface area (Å²) in [5.41, 5.74) is 2.78. The minimum atomic E-state index is 0.000641. The van der Waals surface area contributed by atoms with E-state index in [-0.39, 0.29) is 22.7 Å². The third-order valence-electron chi connectivity index (χ3n) is 8.64. The summed E-state index contributed by atoms with van der Waals surface area (Å²) in [5, 5.41) is 3.37. The molecule has 1 aliphatic carbocycles. The number of hydrogen-bond donors (Lipinski definition) is 2. The maximum atomic E-state index is 13.2. The van der Waals surface area contributed by atoms with Crippen molar-refractivity contribution in [2.45, 2.75) is 70.3 Å². The highest BCUT2D eigenvalue weighted by atomic mass is 16.5. The minimum Gasteiger partial charge on any atom is -0.381 e. The Labute approximate surface area is 203 Å². The highest BCUT2D eigenvalue weighted by molar-refractivity contribution is 5.82. The fourth-order valence-electron chi connectivity index (χ4n) is 6.13. The van der Waals surface area contributed by atoms with Gasteiger partial charge in [0.1, 0.15) is 5.82 Å². The Kier molecular flexibility index (Phi) is 7.07. The molecule has 1 saturated carbocycles. The monoisotopic (exact) mass is 464 g/mol. The molecule has 0 radical (unpaired) electrons. The van der Waals surface area contributed by atoms with Gasteiger partial charge < -0.3 is 15.0 Å². The zero-order valence-electron chi connectivity index (χ0n) is 20.7. The van der Waals surface area contributed by atoms with Crippen molar-refractivity contribution in [3.63, 3.8) is 0 Å². The van der Waals surface area contributed by atoms with Crippen molar-refractivity contribution in [1.82, 2.24) is 20.2 Å². The van der Waals surface area contributed by atoms with Crippen LogP contribution in [0.1, 0.15) is 69.0 Å². The Balaban J connectivity index is 1.11. The van der Waals surface area contributed by atoms with Gasteiger partial charge in [0.2, 0.25) is 5.91 Å². The highest BCUT2D eigenvalue weighted by Gasteiger charge is 2.58. The molecule has 3 aliphatic rings. The zero-order chi connectivity index (χ0) is 23.4. The van der Waals surface area contributed by atoms with Gasteiger partial charge in [0.25, 0.3) is 0 Å². The predicted molar refractivity (Wildman–Crippen MR) is 133 cm³/mol. The van der Waals surface area contributed by atoms with E-state index in [2.05, 4.69) is 57.4 Å². The van der Waals surface area contributed by atoms with Gasteiger partial charge >= 0.3 is 0 Å². The van der Waals surface area contributed by atoms with Gasteiger partial charge in [0, 0.05) is 55.9 Å². The average molecular weight is 465 g/mol. The highest BCUT2D eigenvalue weighted by Crippen LogP contribution is 2.59. The molecule has 1 spiro atoms. The number of aryl methyl sites for hydroxylation is 1. The average Bonchev–Trinajstić information content (AvgIpc) is 3.40. The van der Waals surface area contributed by atoms with Crippen LogP contribution in [0, 0.1) is 11.3 Å². The van der Waals surface area contributed by atoms with E-state index >= 15 is 0 Å². The van der Waals surface area contributed by atoms with Crippen molar-refractivity contribution in [2.24, 2.45) is 11.3 Å². The molecule has 3 fully saturated rings. The number of benzene rings is 1. The summed E-state index contributed by atoms with van der Waals surface area (Å²) >= 11 is 0. The van der Waals surface area contributed by atoms with Crippen LogP contribution in [0.3, 0.4) is 0 Å². The second-order valence-corrected chi connectivity index (χ2v) is 10.8. The number of nitrogens with zero attached hydrogens (tertiary/aromatic N) is 2. The van der Waals surface area contributed by atoms with Gasteiger partial charge in [-0.2, -0.15) is 0 Å². The van der Waals surface area contributed by atoms with Crippen molar-refractivity contribution in [1.29, 1.82) is 0 Å². The molecule has 5 rings (SSSR count). The van der Waals surface area contributed by atoms with Crippen LogP contribution in [0.15, 0.2) is 36.5 Å². The van der Waals surface area contributed by atoms with E-state index < -0.39 is 0 Å². The Morgan fingerprint density at radius 3 is 2.68 bits per heavy atom. The van der Waals surface area contributed by atoms with Gasteiger partial charge in [-0.1, -0.05) is 43.7 Å². The van der Waals surface area contributed by atoms with Gasteiger partial charge in [0.15, 0.2) is 0 Å². The molecule has 2 aromatic rings. The number of carbonyl (C=O) groups excluding carboxylic acids is 1. The maximum Gasteiger partial charge on any atom is 0.223 e. The van der Waals surface area contributed by atoms with Gasteiger partial charge in [-0.15, -0.1) is 0 Å². The van der Waals surface area contributed by atoms with Crippen LogP contribution >= 0.6 is 0 Å². The van der Waals surface area contributed by atoms with Crippen LogP contribution in [-0.2, 0) is 27.9 Å². The molecule has 1 amide bonds. The van der Waals surface area contributed by atoms with E-state index in [0.29, 0.717) is 0 Å². The molecule has 1 aromatic carbocycles. The number of amides is 1. The summed E-state index contributed by atoms with van der Waals surface area (Å²) < 4.78 is 5.65. The van der Waals surface area contributed by atoms with E-state index in [1.165, 1.54) is 24.1 Å². The normalized spacial score (nSPS) is 23.6. The summed E-state index contributed by atoms with van der Waals surface area (Å²) in [6, 6.07) is 10.7. The van der Waals surface area contributed by atoms with Crippen LogP contribution in [-0.4, -0.2) is 53.6 Å². The second-order valence-electron chi connectivity index (χ2n) is 10.8. The molecule has 2 aliphatic heterocycles. The number of likely N-dealkylation sites (tertiary alicyclic amines) is 1. The predicted octanol–water partition coefficient (Wildman–Crippen LogP) is 4.22. The molecule has 3 heterocycles. The number of H-pyrrole nitrogens is 1. The summed E-state index contributed by atoms with van der Waals surface area (Å²) in [6.45, 7) is 7.54. The summed E-state index contributed by atoms with van der Waals surface area (Å²) in [7, 11) is 0. The van der Waals surface area contributed by atoms with Crippen molar-refractivity contribution < 1.29 is 9.53 Å². The standard InChI is InChI=1S/C28H40N4O2/c1-2-3-9-25-29-19-23(31-25)20-32-14-10-27(11-15-32)18-24(27)26(33)30-21-28(12-16-34-17-13-28)22-7-5-4-6-8-22/h4-8,19,24H,2-3,9-18,20-21H2,1H3,(H,29,31)(H,30,33)/t24-/m0/s1. The molecular weight excluding hydrogens is 424 g/mol. The van der Waals surface area contributed by atoms with E-state index in [1.54, 1.807) is 0 Å². The fourth-order valence-corrected chi connectivity index (χ4v) is 6.13. The van der Waals surface area contributed by atoms with Gasteiger partial charge in [-0.25, -0.2) is 4.98 Å². The number of ether oxygens (including phenoxy) is 1. The molecule has 184 valence electrons. The first-order valence-corrected chi connectivity index (χ1v) is 13.3. The first kappa shape index (κ1) is 23.6. The third-order valence-corrected chi connectivity index (χ3v) is 8.64. The largest absolute Gasteiger partial charge is 0.381 e. The van der Waals surface area contributed by atoms with Crippen molar-refractivity contribution in [2.75, 3.05) is 32.8 Å². The molecule has 34 heavy (non-hydrogen) atoms. The topological polar surface area (TPSA) is 70.2 Å². The molecule has 1 aromatic heterocycles. The SMILES string of the molecule is CCCCc1ncc(CN2CCC3(CC2)C[C@H]3C(=O)NCC2(c3ccccc3)CCOCC2)[nH]1. The smallest absolute Gasteiger partial charge is 0.223 e. The number of imidazole rings is 1. The van der Waals surface area contributed by atoms with Crippen molar-refractivity contribution in [3.8, 4) is 0 Å². The molecular formula is C28H40N4O2. The lowest BCUT2D eigenvalue weighted by Crippen LogP contribution is -2.45. The van der Waals surface area contributed by atoms with Crippen LogP contribution in [0.25, 0.3) is 0 Å². The summed E-state index contributed by atoms with van der Waals surface area (Å²) in [6.07, 6.45) is 10.7. The van der Waals surface area contributed by atoms with Gasteiger partial charge in [-0.3, -0.25) is 9.69 Å². The first-order valence-electron chi connectivity index (χ1n) is 13.3. The van der Waals surface area contributed by atoms with E-state index in [0.717, 1.165) is 83.7 Å². The Morgan fingerprint density at radius 2 is 1.94 bits per heavy atom. The number of aromatic nitrogens is 2. The third kappa shape index (κ3) is 5.08. The number of aromatic amines is 1. The molecule has 2 saturated heterocycles. The zero-order valence-corrected chi connectivity index (χ0v) is 20.7. The van der Waals surface area contributed by atoms with Crippen LogP contribution in [0.4, 0.5) is 0 Å². The quantitative estimate of drug-likeness (QED) is 0.583. The lowest BCUT2D eigenvalue weighted by Gasteiger charge is -2.38. The number of hydrogen-bond acceptors (Lipinski definition) is 4. The Hall–Kier alpha value is -2.18. The van der Waals surface area contributed by atoms with Gasteiger partial charge in [0.05, 0.1) is 0 Å². The van der Waals surface area contributed by atoms with Crippen molar-refractivity contribution >= 4 is 5.91 Å². The number of piperidine rings is 1. The Bertz CT molecular complexity index is 942. The lowest BCUT2D eigenvalue weighted by molar-refractivity contribution is -0.124. The van der Waals surface area contributed by atoms with E-state index in [1.807, 2.05) is 6.20 Å². The second kappa shape index (κ2) is 10.2. The molecule has 0 unspecified atom stereocenters. The van der Waals surface area contributed by atoms with E-state index in [9.17, 15) is 4.79 Å². The first-order chi connectivity index (χ1) is 16.6. The number of rotatable bonds is 9. The van der Waals surface area contributed by atoms with Gasteiger partial charge in [-0.05, 0) is 62.6 Å².